The van der Waals surface area contributed by atoms with Crippen LogP contribution in [0.1, 0.15) is 98.3 Å². The molecule has 0 fully saturated rings. The predicted octanol–water partition coefficient (Wildman–Crippen LogP) is 6.61. The molecule has 0 saturated heterocycles. The largest absolute Gasteiger partial charge is 0.328 e. The van der Waals surface area contributed by atoms with E-state index in [4.69, 9.17) is 14.2 Å². The summed E-state index contributed by atoms with van der Waals surface area (Å²) in [5, 5.41) is 0. The zero-order chi connectivity index (χ0) is 18.8. The van der Waals surface area contributed by atoms with Crippen LogP contribution < -0.4 is 0 Å². The maximum atomic E-state index is 6.21. The van der Waals surface area contributed by atoms with E-state index in [0.717, 1.165) is 37.9 Å². The Labute approximate surface area is 163 Å². The molecule has 3 nitrogen and oxygen atoms in total. The lowest BCUT2D eigenvalue weighted by atomic mass is 9.93. The van der Waals surface area contributed by atoms with Gasteiger partial charge in [0.1, 0.15) is 0 Å². The Kier molecular flexibility index (Phi) is 17.8. The molecular weight excluding hydrogens is 332 g/mol. The van der Waals surface area contributed by atoms with E-state index in [0.29, 0.717) is 19.8 Å². The molecule has 0 aromatic heterocycles. The van der Waals surface area contributed by atoms with Crippen molar-refractivity contribution in [2.24, 2.45) is 5.92 Å². The highest BCUT2D eigenvalue weighted by Crippen LogP contribution is 2.34. The topological polar surface area (TPSA) is 27.7 Å². The van der Waals surface area contributed by atoms with Crippen LogP contribution in [0.3, 0.4) is 0 Å². The van der Waals surface area contributed by atoms with Crippen LogP contribution in [0.25, 0.3) is 0 Å². The molecule has 0 aliphatic heterocycles. The number of rotatable bonds is 19. The lowest BCUT2D eigenvalue weighted by Gasteiger charge is -2.39. The van der Waals surface area contributed by atoms with Crippen LogP contribution in [0.2, 0.25) is 0 Å². The number of thiol groups is 1. The standard InChI is InChI=1S/C21H44O3S/c1-5-9-10-11-12-13-15-20(16-14-19-25)21(22-8-4,23-17-6-2)24-18-7-3/h20,25H,5-19H2,1-4H3. The van der Waals surface area contributed by atoms with Crippen molar-refractivity contribution < 1.29 is 14.2 Å². The molecule has 0 aliphatic rings. The van der Waals surface area contributed by atoms with E-state index in [1.165, 1.54) is 38.5 Å². The summed E-state index contributed by atoms with van der Waals surface area (Å²) < 4.78 is 18.5. The summed E-state index contributed by atoms with van der Waals surface area (Å²) in [5.74, 6) is 0.313. The van der Waals surface area contributed by atoms with Crippen molar-refractivity contribution >= 4 is 12.6 Å². The summed E-state index contributed by atoms with van der Waals surface area (Å²) in [4.78, 5) is 0. The van der Waals surface area contributed by atoms with Crippen molar-refractivity contribution in [3.8, 4) is 0 Å². The summed E-state index contributed by atoms with van der Waals surface area (Å²) in [6.45, 7) is 10.5. The van der Waals surface area contributed by atoms with Crippen LogP contribution in [-0.2, 0) is 14.2 Å². The molecule has 0 aliphatic carbocycles. The first-order valence-corrected chi connectivity index (χ1v) is 11.4. The van der Waals surface area contributed by atoms with Crippen LogP contribution in [0.5, 0.6) is 0 Å². The molecule has 0 spiro atoms. The molecule has 0 aromatic carbocycles. The molecule has 0 saturated carbocycles. The molecule has 0 N–H and O–H groups in total. The van der Waals surface area contributed by atoms with Gasteiger partial charge in [-0.2, -0.15) is 12.6 Å². The Morgan fingerprint density at radius 1 is 0.680 bits per heavy atom. The molecule has 0 rings (SSSR count). The maximum Gasteiger partial charge on any atom is 0.285 e. The lowest BCUT2D eigenvalue weighted by molar-refractivity contribution is -0.405. The van der Waals surface area contributed by atoms with Gasteiger partial charge in [0, 0.05) is 12.5 Å². The van der Waals surface area contributed by atoms with Crippen molar-refractivity contribution in [1.29, 1.82) is 0 Å². The fourth-order valence-corrected chi connectivity index (χ4v) is 3.36. The van der Waals surface area contributed by atoms with Crippen LogP contribution in [0.4, 0.5) is 0 Å². The van der Waals surface area contributed by atoms with Gasteiger partial charge in [-0.3, -0.25) is 0 Å². The summed E-state index contributed by atoms with van der Waals surface area (Å²) in [6, 6.07) is 0. The summed E-state index contributed by atoms with van der Waals surface area (Å²) >= 11 is 4.41. The first kappa shape index (κ1) is 25.2. The van der Waals surface area contributed by atoms with Gasteiger partial charge in [0.25, 0.3) is 5.97 Å². The number of unbranched alkanes of at least 4 members (excludes halogenated alkanes) is 5. The third-order valence-electron chi connectivity index (χ3n) is 4.48. The molecule has 1 unspecified atom stereocenters. The molecule has 25 heavy (non-hydrogen) atoms. The van der Waals surface area contributed by atoms with Gasteiger partial charge in [0.15, 0.2) is 0 Å². The van der Waals surface area contributed by atoms with E-state index in [9.17, 15) is 0 Å². The van der Waals surface area contributed by atoms with Gasteiger partial charge in [0.2, 0.25) is 0 Å². The monoisotopic (exact) mass is 376 g/mol. The Morgan fingerprint density at radius 3 is 1.76 bits per heavy atom. The first-order chi connectivity index (χ1) is 12.2. The molecular formula is C21H44O3S. The average molecular weight is 377 g/mol. The van der Waals surface area contributed by atoms with Crippen molar-refractivity contribution in [3.63, 3.8) is 0 Å². The van der Waals surface area contributed by atoms with E-state index in [1.54, 1.807) is 0 Å². The Balaban J connectivity index is 4.88. The summed E-state index contributed by atoms with van der Waals surface area (Å²) in [6.07, 6.45) is 13.0. The molecule has 0 amide bonds. The highest BCUT2D eigenvalue weighted by molar-refractivity contribution is 7.80. The zero-order valence-electron chi connectivity index (χ0n) is 17.4. The van der Waals surface area contributed by atoms with E-state index in [2.05, 4.69) is 33.4 Å². The summed E-state index contributed by atoms with van der Waals surface area (Å²) in [5.41, 5.74) is 0. The van der Waals surface area contributed by atoms with Crippen LogP contribution in [0.15, 0.2) is 0 Å². The van der Waals surface area contributed by atoms with Crippen molar-refractivity contribution in [1.82, 2.24) is 0 Å². The van der Waals surface area contributed by atoms with Gasteiger partial charge in [-0.1, -0.05) is 59.3 Å². The normalized spacial score (nSPS) is 13.3. The molecule has 0 aromatic rings. The van der Waals surface area contributed by atoms with E-state index < -0.39 is 5.97 Å². The fourth-order valence-electron chi connectivity index (χ4n) is 3.18. The Morgan fingerprint density at radius 2 is 1.24 bits per heavy atom. The summed E-state index contributed by atoms with van der Waals surface area (Å²) in [7, 11) is 0. The molecule has 152 valence electrons. The van der Waals surface area contributed by atoms with Gasteiger partial charge in [-0.15, -0.1) is 0 Å². The van der Waals surface area contributed by atoms with Crippen LogP contribution in [0, 0.1) is 5.92 Å². The number of ether oxygens (including phenoxy) is 3. The van der Waals surface area contributed by atoms with Gasteiger partial charge in [-0.25, -0.2) is 0 Å². The smallest absolute Gasteiger partial charge is 0.285 e. The number of hydrogen-bond donors (Lipinski definition) is 1. The second-order valence-electron chi connectivity index (χ2n) is 6.85. The highest BCUT2D eigenvalue weighted by atomic mass is 32.1. The minimum absolute atomic E-state index is 0.281. The number of hydrogen-bond acceptors (Lipinski definition) is 4. The van der Waals surface area contributed by atoms with Gasteiger partial charge < -0.3 is 14.2 Å². The second kappa shape index (κ2) is 17.6. The molecule has 0 bridgehead atoms. The molecule has 0 radical (unpaired) electrons. The van der Waals surface area contributed by atoms with Gasteiger partial charge >= 0.3 is 0 Å². The fraction of sp³-hybridized carbons (Fsp3) is 1.00. The van der Waals surface area contributed by atoms with Crippen LogP contribution in [-0.4, -0.2) is 31.5 Å². The van der Waals surface area contributed by atoms with E-state index >= 15 is 0 Å². The molecule has 1 atom stereocenters. The lowest BCUT2D eigenvalue weighted by Crippen LogP contribution is -2.47. The average Bonchev–Trinajstić information content (AvgIpc) is 2.63. The third-order valence-corrected chi connectivity index (χ3v) is 4.79. The van der Waals surface area contributed by atoms with Gasteiger partial charge in [-0.05, 0) is 44.8 Å². The Hall–Kier alpha value is 0.230. The third kappa shape index (κ3) is 11.5. The highest BCUT2D eigenvalue weighted by Gasteiger charge is 2.41. The minimum Gasteiger partial charge on any atom is -0.328 e. The van der Waals surface area contributed by atoms with E-state index in [-0.39, 0.29) is 5.92 Å². The second-order valence-corrected chi connectivity index (χ2v) is 7.30. The van der Waals surface area contributed by atoms with Crippen molar-refractivity contribution in [3.05, 3.63) is 0 Å². The van der Waals surface area contributed by atoms with Crippen LogP contribution >= 0.6 is 12.6 Å². The van der Waals surface area contributed by atoms with Crippen molar-refractivity contribution in [2.45, 2.75) is 104 Å². The maximum absolute atomic E-state index is 6.21. The predicted molar refractivity (Wildman–Crippen MR) is 111 cm³/mol. The van der Waals surface area contributed by atoms with Gasteiger partial charge in [0.05, 0.1) is 13.2 Å². The Bertz CT molecular complexity index is 266. The van der Waals surface area contributed by atoms with E-state index in [1.807, 2.05) is 6.92 Å². The first-order valence-electron chi connectivity index (χ1n) is 10.7. The molecule has 0 heterocycles. The van der Waals surface area contributed by atoms with Crippen molar-refractivity contribution in [2.75, 3.05) is 25.6 Å². The quantitative estimate of drug-likeness (QED) is 0.156. The SMILES string of the molecule is CCCCCCCCC(CCCS)C(OCC)(OCCC)OCCC. The molecule has 4 heteroatoms. The zero-order valence-corrected chi connectivity index (χ0v) is 18.3. The minimum atomic E-state index is -0.868.